The summed E-state index contributed by atoms with van der Waals surface area (Å²) in [5.41, 5.74) is 4.25. The maximum atomic E-state index is 2.78. The number of piperazine rings is 1. The Kier molecular flexibility index (Phi) is 6.26. The summed E-state index contributed by atoms with van der Waals surface area (Å²) in [6, 6.07) is 21.6. The second-order valence-corrected chi connectivity index (χ2v) is 8.48. The molecule has 0 N–H and O–H groups in total. The van der Waals surface area contributed by atoms with Gasteiger partial charge in [0, 0.05) is 38.3 Å². The quantitative estimate of drug-likeness (QED) is 0.719. The van der Waals surface area contributed by atoms with Crippen LogP contribution < -0.4 is 0 Å². The molecule has 2 fully saturated rings. The Hall–Kier alpha value is -1.64. The first-order chi connectivity index (χ1) is 13.3. The molecule has 0 aromatic heterocycles. The van der Waals surface area contributed by atoms with E-state index in [1.54, 1.807) is 0 Å². The molecule has 1 heterocycles. The molecule has 2 heteroatoms. The van der Waals surface area contributed by atoms with Gasteiger partial charge in [0.2, 0.25) is 0 Å². The molecule has 1 saturated carbocycles. The van der Waals surface area contributed by atoms with Crippen molar-refractivity contribution in [1.82, 2.24) is 9.80 Å². The number of benzene rings is 2. The van der Waals surface area contributed by atoms with Crippen molar-refractivity contribution < 1.29 is 0 Å². The van der Waals surface area contributed by atoms with E-state index < -0.39 is 0 Å². The Morgan fingerprint density at radius 1 is 0.815 bits per heavy atom. The van der Waals surface area contributed by atoms with Gasteiger partial charge in [-0.25, -0.2) is 0 Å². The van der Waals surface area contributed by atoms with Gasteiger partial charge in [-0.2, -0.15) is 0 Å². The Bertz CT molecular complexity index is 680. The Labute approximate surface area is 165 Å². The van der Waals surface area contributed by atoms with Crippen molar-refractivity contribution >= 4 is 0 Å². The van der Waals surface area contributed by atoms with Crippen LogP contribution >= 0.6 is 0 Å². The van der Waals surface area contributed by atoms with E-state index in [0.29, 0.717) is 6.04 Å². The highest BCUT2D eigenvalue weighted by molar-refractivity contribution is 5.26. The molecule has 0 amide bonds. The number of aryl methyl sites for hydroxylation is 1. The SMILES string of the molecule is Cc1ccc(CC(c2ccccc2)N2CCN(C3CCCCC3)CC2)cc1. The highest BCUT2D eigenvalue weighted by atomic mass is 15.3. The van der Waals surface area contributed by atoms with E-state index in [1.807, 2.05) is 0 Å². The highest BCUT2D eigenvalue weighted by Gasteiger charge is 2.29. The highest BCUT2D eigenvalue weighted by Crippen LogP contribution is 2.29. The van der Waals surface area contributed by atoms with Crippen LogP contribution in [0, 0.1) is 6.92 Å². The van der Waals surface area contributed by atoms with Crippen LogP contribution in [0.3, 0.4) is 0 Å². The first kappa shape index (κ1) is 18.7. The van der Waals surface area contributed by atoms with Crippen LogP contribution in [0.25, 0.3) is 0 Å². The summed E-state index contributed by atoms with van der Waals surface area (Å²) >= 11 is 0. The van der Waals surface area contributed by atoms with Crippen LogP contribution in [0.4, 0.5) is 0 Å². The molecule has 0 bridgehead atoms. The normalized spacial score (nSPS) is 21.2. The first-order valence-corrected chi connectivity index (χ1v) is 10.9. The van der Waals surface area contributed by atoms with Crippen LogP contribution in [-0.4, -0.2) is 42.0 Å². The predicted molar refractivity (Wildman–Crippen MR) is 114 cm³/mol. The number of hydrogen-bond acceptors (Lipinski definition) is 2. The van der Waals surface area contributed by atoms with Crippen LogP contribution in [0.5, 0.6) is 0 Å². The molecule has 0 radical (unpaired) electrons. The third-order valence-corrected chi connectivity index (χ3v) is 6.61. The van der Waals surface area contributed by atoms with Crippen LogP contribution in [0.15, 0.2) is 54.6 Å². The molecule has 2 aromatic carbocycles. The lowest BCUT2D eigenvalue weighted by atomic mass is 9.93. The monoisotopic (exact) mass is 362 g/mol. The van der Waals surface area contributed by atoms with Gasteiger partial charge in [-0.3, -0.25) is 9.80 Å². The Balaban J connectivity index is 1.45. The van der Waals surface area contributed by atoms with Gasteiger partial charge in [-0.15, -0.1) is 0 Å². The standard InChI is InChI=1S/C25H34N2/c1-21-12-14-22(15-13-21)20-25(23-8-4-2-5-9-23)27-18-16-26(17-19-27)24-10-6-3-7-11-24/h2,4-5,8-9,12-15,24-25H,3,6-7,10-11,16-20H2,1H3. The minimum absolute atomic E-state index is 0.488. The molecule has 27 heavy (non-hydrogen) atoms. The van der Waals surface area contributed by atoms with E-state index >= 15 is 0 Å². The van der Waals surface area contributed by atoms with E-state index in [9.17, 15) is 0 Å². The van der Waals surface area contributed by atoms with Gasteiger partial charge in [0.1, 0.15) is 0 Å². The van der Waals surface area contributed by atoms with Gasteiger partial charge < -0.3 is 0 Å². The molecule has 1 atom stereocenters. The van der Waals surface area contributed by atoms with Crippen molar-refractivity contribution in [1.29, 1.82) is 0 Å². The van der Waals surface area contributed by atoms with Crippen LogP contribution in [0.2, 0.25) is 0 Å². The summed E-state index contributed by atoms with van der Waals surface area (Å²) in [5.74, 6) is 0. The number of nitrogens with zero attached hydrogens (tertiary/aromatic N) is 2. The summed E-state index contributed by atoms with van der Waals surface area (Å²) < 4.78 is 0. The minimum Gasteiger partial charge on any atom is -0.298 e. The topological polar surface area (TPSA) is 6.48 Å². The van der Waals surface area contributed by atoms with Crippen molar-refractivity contribution in [3.05, 3.63) is 71.3 Å². The molecule has 1 aliphatic heterocycles. The van der Waals surface area contributed by atoms with Crippen molar-refractivity contribution in [3.8, 4) is 0 Å². The van der Waals surface area contributed by atoms with E-state index in [1.165, 1.54) is 75.0 Å². The molecule has 1 saturated heterocycles. The molecular formula is C25H34N2. The largest absolute Gasteiger partial charge is 0.298 e. The third-order valence-electron chi connectivity index (χ3n) is 6.61. The van der Waals surface area contributed by atoms with Gasteiger partial charge in [0.25, 0.3) is 0 Å². The zero-order chi connectivity index (χ0) is 18.5. The number of rotatable bonds is 5. The van der Waals surface area contributed by atoms with Crippen molar-refractivity contribution in [2.45, 2.75) is 57.5 Å². The molecule has 0 spiro atoms. The molecule has 1 unspecified atom stereocenters. The fourth-order valence-corrected chi connectivity index (χ4v) is 4.94. The van der Waals surface area contributed by atoms with E-state index in [-0.39, 0.29) is 0 Å². The molecule has 2 aliphatic rings. The lowest BCUT2D eigenvalue weighted by molar-refractivity contribution is 0.0559. The summed E-state index contributed by atoms with van der Waals surface area (Å²) in [6.45, 7) is 7.04. The van der Waals surface area contributed by atoms with Gasteiger partial charge in [0.05, 0.1) is 0 Å². The molecule has 2 nitrogen and oxygen atoms in total. The summed E-state index contributed by atoms with van der Waals surface area (Å²) in [7, 11) is 0. The van der Waals surface area contributed by atoms with Crippen LogP contribution in [0.1, 0.15) is 54.8 Å². The smallest absolute Gasteiger partial charge is 0.0389 e. The zero-order valence-corrected chi connectivity index (χ0v) is 16.8. The summed E-state index contributed by atoms with van der Waals surface area (Å²) in [6.07, 6.45) is 8.27. The maximum absolute atomic E-state index is 2.78. The predicted octanol–water partition coefficient (Wildman–Crippen LogP) is 5.23. The second kappa shape index (κ2) is 9.03. The number of hydrogen-bond donors (Lipinski definition) is 0. The second-order valence-electron chi connectivity index (χ2n) is 8.48. The average Bonchev–Trinajstić information content (AvgIpc) is 2.75. The molecule has 1 aliphatic carbocycles. The fourth-order valence-electron chi connectivity index (χ4n) is 4.94. The molecular weight excluding hydrogens is 328 g/mol. The summed E-state index contributed by atoms with van der Waals surface area (Å²) in [5, 5.41) is 0. The third kappa shape index (κ3) is 4.80. The Morgan fingerprint density at radius 3 is 2.15 bits per heavy atom. The van der Waals surface area contributed by atoms with Gasteiger partial charge in [0.15, 0.2) is 0 Å². The van der Waals surface area contributed by atoms with Gasteiger partial charge >= 0.3 is 0 Å². The van der Waals surface area contributed by atoms with E-state index in [2.05, 4.69) is 71.3 Å². The van der Waals surface area contributed by atoms with Gasteiger partial charge in [-0.1, -0.05) is 79.4 Å². The lowest BCUT2D eigenvalue weighted by Gasteiger charge is -2.43. The van der Waals surface area contributed by atoms with Crippen molar-refractivity contribution in [3.63, 3.8) is 0 Å². The maximum Gasteiger partial charge on any atom is 0.0389 e. The Morgan fingerprint density at radius 2 is 1.48 bits per heavy atom. The minimum atomic E-state index is 0.488. The average molecular weight is 363 g/mol. The lowest BCUT2D eigenvalue weighted by Crippen LogP contribution is -2.51. The molecule has 4 rings (SSSR count). The fraction of sp³-hybridized carbons (Fsp3) is 0.520. The van der Waals surface area contributed by atoms with E-state index in [4.69, 9.17) is 0 Å². The van der Waals surface area contributed by atoms with E-state index in [0.717, 1.165) is 12.5 Å². The van der Waals surface area contributed by atoms with Crippen molar-refractivity contribution in [2.24, 2.45) is 0 Å². The first-order valence-electron chi connectivity index (χ1n) is 10.9. The molecule has 144 valence electrons. The zero-order valence-electron chi connectivity index (χ0n) is 16.8. The van der Waals surface area contributed by atoms with Gasteiger partial charge in [-0.05, 0) is 37.3 Å². The van der Waals surface area contributed by atoms with Crippen molar-refractivity contribution in [2.75, 3.05) is 26.2 Å². The summed E-state index contributed by atoms with van der Waals surface area (Å²) in [4.78, 5) is 5.51. The van der Waals surface area contributed by atoms with Crippen LogP contribution in [-0.2, 0) is 6.42 Å². The molecule has 2 aromatic rings.